The molecule has 0 aromatic carbocycles. The molecule has 0 spiro atoms. The lowest BCUT2D eigenvalue weighted by Crippen LogP contribution is -2.35. The molecule has 1 rings (SSSR count). The molecule has 1 amide bonds. The normalized spacial score (nSPS) is 25.6. The third-order valence-electron chi connectivity index (χ3n) is 2.82. The number of amides is 1. The zero-order valence-corrected chi connectivity index (χ0v) is 10.5. The van der Waals surface area contributed by atoms with Crippen molar-refractivity contribution >= 4 is 12.4 Å². The number of rotatable bonds is 2. The summed E-state index contributed by atoms with van der Waals surface area (Å²) in [5.41, 5.74) is -0.455. The molecule has 4 heteroatoms. The number of hydrogen-bond acceptors (Lipinski definition) is 3. The van der Waals surface area contributed by atoms with Crippen LogP contribution in [-0.2, 0) is 9.53 Å². The van der Waals surface area contributed by atoms with Crippen molar-refractivity contribution in [3.8, 4) is 0 Å². The summed E-state index contributed by atoms with van der Waals surface area (Å²) >= 11 is 0. The number of carbonyl (C=O) groups excluding carboxylic acids is 2. The summed E-state index contributed by atoms with van der Waals surface area (Å²) in [6.45, 7) is 8.95. The summed E-state index contributed by atoms with van der Waals surface area (Å²) < 4.78 is 5.30. The van der Waals surface area contributed by atoms with Crippen LogP contribution in [0.3, 0.4) is 0 Å². The maximum Gasteiger partial charge on any atom is 0.410 e. The van der Waals surface area contributed by atoms with Crippen LogP contribution >= 0.6 is 0 Å². The molecule has 0 saturated carbocycles. The zero-order chi connectivity index (χ0) is 12.3. The van der Waals surface area contributed by atoms with Crippen LogP contribution < -0.4 is 0 Å². The molecule has 1 heterocycles. The summed E-state index contributed by atoms with van der Waals surface area (Å²) in [4.78, 5) is 23.9. The van der Waals surface area contributed by atoms with Crippen LogP contribution in [0.5, 0.6) is 0 Å². The average Bonchev–Trinajstić information content (AvgIpc) is 2.46. The summed E-state index contributed by atoms with van der Waals surface area (Å²) in [5.74, 6) is 0.655. The van der Waals surface area contributed by atoms with Crippen molar-refractivity contribution in [1.29, 1.82) is 0 Å². The van der Waals surface area contributed by atoms with Gasteiger partial charge in [0.1, 0.15) is 11.9 Å². The minimum absolute atomic E-state index is 0.271. The predicted octanol–water partition coefficient (Wildman–Crippen LogP) is 2.08. The minimum Gasteiger partial charge on any atom is -0.444 e. The van der Waals surface area contributed by atoms with Crippen LogP contribution in [0.25, 0.3) is 0 Å². The molecule has 1 fully saturated rings. The largest absolute Gasteiger partial charge is 0.444 e. The number of aldehydes is 1. The first-order valence-electron chi connectivity index (χ1n) is 5.75. The fourth-order valence-corrected chi connectivity index (χ4v) is 1.94. The zero-order valence-electron chi connectivity index (χ0n) is 10.5. The topological polar surface area (TPSA) is 46.6 Å². The Morgan fingerprint density at radius 3 is 2.56 bits per heavy atom. The summed E-state index contributed by atoms with van der Waals surface area (Å²) in [7, 11) is 0. The molecule has 1 saturated heterocycles. The van der Waals surface area contributed by atoms with E-state index in [9.17, 15) is 9.59 Å². The highest BCUT2D eigenvalue weighted by molar-refractivity contribution is 5.68. The van der Waals surface area contributed by atoms with Crippen molar-refractivity contribution in [1.82, 2.24) is 4.90 Å². The molecule has 16 heavy (non-hydrogen) atoms. The second-order valence-electron chi connectivity index (χ2n) is 5.53. The Hall–Kier alpha value is -1.06. The third-order valence-corrected chi connectivity index (χ3v) is 2.82. The molecule has 0 unspecified atom stereocenters. The lowest BCUT2D eigenvalue weighted by Gasteiger charge is -2.24. The van der Waals surface area contributed by atoms with Gasteiger partial charge in [-0.15, -0.1) is 0 Å². The number of ether oxygens (including phenoxy) is 1. The van der Waals surface area contributed by atoms with Gasteiger partial charge in [-0.05, 0) is 32.6 Å². The van der Waals surface area contributed by atoms with Crippen molar-refractivity contribution in [3.05, 3.63) is 0 Å². The molecule has 0 bridgehead atoms. The molecule has 0 N–H and O–H groups in total. The Morgan fingerprint density at radius 2 is 2.06 bits per heavy atom. The molecule has 0 aromatic heterocycles. The van der Waals surface area contributed by atoms with Crippen LogP contribution in [0.4, 0.5) is 4.79 Å². The van der Waals surface area contributed by atoms with Crippen molar-refractivity contribution in [2.24, 2.45) is 11.8 Å². The van der Waals surface area contributed by atoms with E-state index in [-0.39, 0.29) is 12.0 Å². The highest BCUT2D eigenvalue weighted by atomic mass is 16.6. The van der Waals surface area contributed by atoms with Crippen molar-refractivity contribution in [2.45, 2.75) is 39.7 Å². The van der Waals surface area contributed by atoms with Gasteiger partial charge in [-0.25, -0.2) is 4.79 Å². The van der Waals surface area contributed by atoms with Crippen LogP contribution in [0.15, 0.2) is 0 Å². The predicted molar refractivity (Wildman–Crippen MR) is 61.1 cm³/mol. The Morgan fingerprint density at radius 1 is 1.44 bits per heavy atom. The highest BCUT2D eigenvalue weighted by Crippen LogP contribution is 2.26. The van der Waals surface area contributed by atoms with Gasteiger partial charge in [-0.3, -0.25) is 0 Å². The second-order valence-corrected chi connectivity index (χ2v) is 5.53. The van der Waals surface area contributed by atoms with Crippen LogP contribution in [-0.4, -0.2) is 36.0 Å². The van der Waals surface area contributed by atoms with E-state index in [1.807, 2.05) is 20.8 Å². The van der Waals surface area contributed by atoms with Crippen molar-refractivity contribution < 1.29 is 14.3 Å². The van der Waals surface area contributed by atoms with Gasteiger partial charge in [0.25, 0.3) is 0 Å². The SMILES string of the molecule is C[C@@H]1CN(C(=O)OC(C)(C)C)C[C@H]1CC=O. The van der Waals surface area contributed by atoms with Crippen molar-refractivity contribution in [3.63, 3.8) is 0 Å². The molecule has 92 valence electrons. The minimum atomic E-state index is -0.455. The van der Waals surface area contributed by atoms with Crippen LogP contribution in [0.1, 0.15) is 34.1 Å². The van der Waals surface area contributed by atoms with Gasteiger partial charge in [-0.1, -0.05) is 6.92 Å². The monoisotopic (exact) mass is 227 g/mol. The first-order valence-corrected chi connectivity index (χ1v) is 5.75. The van der Waals surface area contributed by atoms with Gasteiger partial charge >= 0.3 is 6.09 Å². The van der Waals surface area contributed by atoms with Gasteiger partial charge in [0.05, 0.1) is 0 Å². The molecule has 0 radical (unpaired) electrons. The maximum atomic E-state index is 11.8. The standard InChI is InChI=1S/C12H21NO3/c1-9-7-13(8-10(9)5-6-14)11(15)16-12(2,3)4/h6,9-10H,5,7-8H2,1-4H3/t9-,10-/m1/s1. The molecule has 2 atom stereocenters. The first kappa shape index (κ1) is 13.0. The Labute approximate surface area is 96.9 Å². The van der Waals surface area contributed by atoms with E-state index < -0.39 is 5.60 Å². The molecule has 0 aliphatic carbocycles. The molecule has 1 aliphatic heterocycles. The highest BCUT2D eigenvalue weighted by Gasteiger charge is 2.34. The third kappa shape index (κ3) is 3.51. The summed E-state index contributed by atoms with van der Waals surface area (Å²) in [5, 5.41) is 0. The summed E-state index contributed by atoms with van der Waals surface area (Å²) in [6, 6.07) is 0. The number of nitrogens with zero attached hydrogens (tertiary/aromatic N) is 1. The lowest BCUT2D eigenvalue weighted by molar-refractivity contribution is -0.108. The fraction of sp³-hybridized carbons (Fsp3) is 0.833. The Bertz CT molecular complexity index is 270. The van der Waals surface area contributed by atoms with Gasteiger partial charge in [0, 0.05) is 19.5 Å². The van der Waals surface area contributed by atoms with Gasteiger partial charge < -0.3 is 14.4 Å². The number of carbonyl (C=O) groups is 2. The average molecular weight is 227 g/mol. The van der Waals surface area contributed by atoms with Crippen LogP contribution in [0, 0.1) is 11.8 Å². The second kappa shape index (κ2) is 4.85. The van der Waals surface area contributed by atoms with E-state index in [1.165, 1.54) is 0 Å². The summed E-state index contributed by atoms with van der Waals surface area (Å²) in [6.07, 6.45) is 1.19. The first-order chi connectivity index (χ1) is 7.33. The van der Waals surface area contributed by atoms with Crippen LogP contribution in [0.2, 0.25) is 0 Å². The maximum absolute atomic E-state index is 11.8. The molecular formula is C12H21NO3. The van der Waals surface area contributed by atoms with E-state index in [1.54, 1.807) is 4.90 Å². The smallest absolute Gasteiger partial charge is 0.410 e. The van der Waals surface area contributed by atoms with Gasteiger partial charge in [0.2, 0.25) is 0 Å². The van der Waals surface area contributed by atoms with E-state index >= 15 is 0 Å². The molecule has 4 nitrogen and oxygen atoms in total. The van der Waals surface area contributed by atoms with Gasteiger partial charge in [-0.2, -0.15) is 0 Å². The van der Waals surface area contributed by atoms with E-state index in [4.69, 9.17) is 4.74 Å². The fourth-order valence-electron chi connectivity index (χ4n) is 1.94. The number of likely N-dealkylation sites (tertiary alicyclic amines) is 1. The number of hydrogen-bond donors (Lipinski definition) is 0. The molecule has 0 aromatic rings. The van der Waals surface area contributed by atoms with Gasteiger partial charge in [0.15, 0.2) is 0 Å². The molecular weight excluding hydrogens is 206 g/mol. The lowest BCUT2D eigenvalue weighted by atomic mass is 9.96. The molecule has 1 aliphatic rings. The van der Waals surface area contributed by atoms with E-state index in [2.05, 4.69) is 6.92 Å². The Kier molecular flexibility index (Phi) is 3.94. The Balaban J connectivity index is 2.51. The van der Waals surface area contributed by atoms with Crippen molar-refractivity contribution in [2.75, 3.05) is 13.1 Å². The quantitative estimate of drug-likeness (QED) is 0.678. The van der Waals surface area contributed by atoms with E-state index in [0.29, 0.717) is 25.4 Å². The van der Waals surface area contributed by atoms with E-state index in [0.717, 1.165) is 6.29 Å².